The topological polar surface area (TPSA) is 33.7 Å². The van der Waals surface area contributed by atoms with Gasteiger partial charge >= 0.3 is 0 Å². The Labute approximate surface area is 169 Å². The molecule has 1 aliphatic heterocycles. The molecule has 0 radical (unpaired) electrons. The standard InChI is InChI=1S/C24H34N2O2/c1-4-5-6-16-27-21-9-7-19(8-10-21)24-23-12-11-22(28-17-15-26(2)3)18-20(23)13-14-25-24/h7-12,18,24-25H,4-6,13-17H2,1-3H3. The van der Waals surface area contributed by atoms with Gasteiger partial charge in [-0.2, -0.15) is 0 Å². The van der Waals surface area contributed by atoms with Crippen LogP contribution in [0.15, 0.2) is 42.5 Å². The fourth-order valence-corrected chi connectivity index (χ4v) is 3.57. The number of nitrogens with zero attached hydrogens (tertiary/aromatic N) is 1. The maximum Gasteiger partial charge on any atom is 0.119 e. The van der Waals surface area contributed by atoms with E-state index in [0.717, 1.165) is 44.0 Å². The average Bonchev–Trinajstić information content (AvgIpc) is 2.71. The van der Waals surface area contributed by atoms with Gasteiger partial charge in [0.2, 0.25) is 0 Å². The molecular weight excluding hydrogens is 348 g/mol. The summed E-state index contributed by atoms with van der Waals surface area (Å²) in [6, 6.07) is 15.3. The molecule has 0 saturated carbocycles. The summed E-state index contributed by atoms with van der Waals surface area (Å²) in [5.74, 6) is 1.93. The second-order valence-corrected chi connectivity index (χ2v) is 7.77. The van der Waals surface area contributed by atoms with Crippen molar-refractivity contribution in [2.24, 2.45) is 0 Å². The Morgan fingerprint density at radius 1 is 0.964 bits per heavy atom. The van der Waals surface area contributed by atoms with Crippen molar-refractivity contribution < 1.29 is 9.47 Å². The molecule has 0 bridgehead atoms. The summed E-state index contributed by atoms with van der Waals surface area (Å²) in [5, 5.41) is 3.66. The quantitative estimate of drug-likeness (QED) is 0.616. The Kier molecular flexibility index (Phi) is 7.75. The van der Waals surface area contributed by atoms with Gasteiger partial charge in [0, 0.05) is 13.1 Å². The predicted octanol–water partition coefficient (Wildman–Crippen LogP) is 4.43. The molecule has 152 valence electrons. The molecule has 0 aromatic heterocycles. The summed E-state index contributed by atoms with van der Waals surface area (Å²) in [6.45, 7) is 5.63. The average molecular weight is 383 g/mol. The lowest BCUT2D eigenvalue weighted by Gasteiger charge is -2.28. The summed E-state index contributed by atoms with van der Waals surface area (Å²) in [7, 11) is 4.13. The second kappa shape index (κ2) is 10.5. The van der Waals surface area contributed by atoms with E-state index in [1.807, 2.05) is 0 Å². The lowest BCUT2D eigenvalue weighted by molar-refractivity contribution is 0.261. The molecule has 1 aliphatic rings. The Morgan fingerprint density at radius 2 is 1.71 bits per heavy atom. The Bertz CT molecular complexity index is 728. The molecule has 4 nitrogen and oxygen atoms in total. The molecule has 1 N–H and O–H groups in total. The molecule has 0 spiro atoms. The Morgan fingerprint density at radius 3 is 2.46 bits per heavy atom. The number of unbranched alkanes of at least 4 members (excludes halogenated alkanes) is 2. The molecule has 2 aromatic carbocycles. The molecule has 0 aliphatic carbocycles. The van der Waals surface area contributed by atoms with Crippen LogP contribution in [-0.4, -0.2) is 45.3 Å². The first-order valence-electron chi connectivity index (χ1n) is 10.5. The van der Waals surface area contributed by atoms with Crippen LogP contribution in [0.3, 0.4) is 0 Å². The highest BCUT2D eigenvalue weighted by atomic mass is 16.5. The molecule has 3 rings (SSSR count). The first kappa shape index (κ1) is 20.7. The van der Waals surface area contributed by atoms with Gasteiger partial charge in [0.1, 0.15) is 18.1 Å². The van der Waals surface area contributed by atoms with Crippen LogP contribution < -0.4 is 14.8 Å². The zero-order valence-corrected chi connectivity index (χ0v) is 17.5. The molecule has 28 heavy (non-hydrogen) atoms. The number of rotatable bonds is 10. The number of nitrogens with one attached hydrogen (secondary N) is 1. The number of hydrogen-bond donors (Lipinski definition) is 1. The van der Waals surface area contributed by atoms with Gasteiger partial charge in [-0.05, 0) is 67.9 Å². The summed E-state index contributed by atoms with van der Waals surface area (Å²) in [4.78, 5) is 2.13. The molecule has 1 atom stereocenters. The van der Waals surface area contributed by atoms with Crippen LogP contribution in [0, 0.1) is 0 Å². The van der Waals surface area contributed by atoms with Crippen LogP contribution >= 0.6 is 0 Å². The predicted molar refractivity (Wildman–Crippen MR) is 116 cm³/mol. The first-order chi connectivity index (χ1) is 13.7. The third-order valence-corrected chi connectivity index (χ3v) is 5.21. The van der Waals surface area contributed by atoms with Gasteiger partial charge in [-0.1, -0.05) is 38.0 Å². The number of hydrogen-bond acceptors (Lipinski definition) is 4. The number of benzene rings is 2. The fourth-order valence-electron chi connectivity index (χ4n) is 3.57. The SMILES string of the molecule is CCCCCOc1ccc(C2NCCc3cc(OCCN(C)C)ccc32)cc1. The summed E-state index contributed by atoms with van der Waals surface area (Å²) in [6.07, 6.45) is 4.60. The monoisotopic (exact) mass is 382 g/mol. The summed E-state index contributed by atoms with van der Waals surface area (Å²) >= 11 is 0. The zero-order valence-electron chi connectivity index (χ0n) is 17.5. The maximum atomic E-state index is 5.92. The third-order valence-electron chi connectivity index (χ3n) is 5.21. The number of fused-ring (bicyclic) bond motifs is 1. The lowest BCUT2D eigenvalue weighted by atomic mass is 9.90. The third kappa shape index (κ3) is 5.73. The highest BCUT2D eigenvalue weighted by molar-refractivity contribution is 5.44. The van der Waals surface area contributed by atoms with E-state index < -0.39 is 0 Å². The van der Waals surface area contributed by atoms with Gasteiger partial charge in [-0.3, -0.25) is 0 Å². The van der Waals surface area contributed by atoms with Crippen molar-refractivity contribution in [3.8, 4) is 11.5 Å². The van der Waals surface area contributed by atoms with E-state index in [0.29, 0.717) is 6.61 Å². The summed E-state index contributed by atoms with van der Waals surface area (Å²) in [5.41, 5.74) is 4.01. The van der Waals surface area contributed by atoms with Gasteiger partial charge in [-0.15, -0.1) is 0 Å². The zero-order chi connectivity index (χ0) is 19.8. The van der Waals surface area contributed by atoms with Crippen LogP contribution in [0.4, 0.5) is 0 Å². The van der Waals surface area contributed by atoms with Gasteiger partial charge in [0.05, 0.1) is 12.6 Å². The van der Waals surface area contributed by atoms with Crippen molar-refractivity contribution in [2.45, 2.75) is 38.6 Å². The molecular formula is C24H34N2O2. The number of likely N-dealkylation sites (N-methyl/N-ethyl adjacent to an activating group) is 1. The molecule has 0 saturated heterocycles. The van der Waals surface area contributed by atoms with E-state index in [4.69, 9.17) is 9.47 Å². The highest BCUT2D eigenvalue weighted by Gasteiger charge is 2.21. The van der Waals surface area contributed by atoms with Crippen LogP contribution in [0.25, 0.3) is 0 Å². The van der Waals surface area contributed by atoms with E-state index in [1.54, 1.807) is 0 Å². The van der Waals surface area contributed by atoms with Gasteiger partial charge in [0.15, 0.2) is 0 Å². The molecule has 0 fully saturated rings. The van der Waals surface area contributed by atoms with Crippen LogP contribution in [0.1, 0.15) is 48.9 Å². The molecule has 4 heteroatoms. The molecule has 0 amide bonds. The van der Waals surface area contributed by atoms with Crippen molar-refractivity contribution in [1.29, 1.82) is 0 Å². The van der Waals surface area contributed by atoms with Crippen molar-refractivity contribution in [1.82, 2.24) is 10.2 Å². The number of ether oxygens (including phenoxy) is 2. The Balaban J connectivity index is 1.64. The van der Waals surface area contributed by atoms with Crippen LogP contribution in [-0.2, 0) is 6.42 Å². The van der Waals surface area contributed by atoms with E-state index >= 15 is 0 Å². The van der Waals surface area contributed by atoms with Gasteiger partial charge in [0.25, 0.3) is 0 Å². The second-order valence-electron chi connectivity index (χ2n) is 7.77. The van der Waals surface area contributed by atoms with Crippen molar-refractivity contribution in [3.05, 3.63) is 59.2 Å². The lowest BCUT2D eigenvalue weighted by Crippen LogP contribution is -2.30. The first-order valence-corrected chi connectivity index (χ1v) is 10.5. The van der Waals surface area contributed by atoms with Crippen LogP contribution in [0.5, 0.6) is 11.5 Å². The summed E-state index contributed by atoms with van der Waals surface area (Å²) < 4.78 is 11.8. The van der Waals surface area contributed by atoms with Crippen molar-refractivity contribution in [3.63, 3.8) is 0 Å². The van der Waals surface area contributed by atoms with Gasteiger partial charge < -0.3 is 19.7 Å². The van der Waals surface area contributed by atoms with E-state index in [9.17, 15) is 0 Å². The minimum atomic E-state index is 0.230. The van der Waals surface area contributed by atoms with E-state index in [1.165, 1.54) is 29.5 Å². The normalized spacial score (nSPS) is 16.1. The highest BCUT2D eigenvalue weighted by Crippen LogP contribution is 2.32. The fraction of sp³-hybridized carbons (Fsp3) is 0.500. The maximum absolute atomic E-state index is 5.92. The minimum Gasteiger partial charge on any atom is -0.494 e. The van der Waals surface area contributed by atoms with Gasteiger partial charge in [-0.25, -0.2) is 0 Å². The van der Waals surface area contributed by atoms with Crippen molar-refractivity contribution in [2.75, 3.05) is 40.4 Å². The van der Waals surface area contributed by atoms with E-state index in [-0.39, 0.29) is 6.04 Å². The molecule has 2 aromatic rings. The molecule has 1 heterocycles. The Hall–Kier alpha value is -2.04. The largest absolute Gasteiger partial charge is 0.494 e. The minimum absolute atomic E-state index is 0.230. The van der Waals surface area contributed by atoms with Crippen molar-refractivity contribution >= 4 is 0 Å². The van der Waals surface area contributed by atoms with E-state index in [2.05, 4.69) is 73.7 Å². The smallest absolute Gasteiger partial charge is 0.119 e. The van der Waals surface area contributed by atoms with Crippen LogP contribution in [0.2, 0.25) is 0 Å². The molecule has 1 unspecified atom stereocenters.